The molecule has 0 saturated carbocycles. The molecule has 3 N–H and O–H groups in total. The van der Waals surface area contributed by atoms with Gasteiger partial charge in [-0.1, -0.05) is 0 Å². The zero-order chi connectivity index (χ0) is 9.84. The lowest BCUT2D eigenvalue weighted by Crippen LogP contribution is -1.90. The molecule has 1 aromatic rings. The molecule has 5 heteroatoms. The summed E-state index contributed by atoms with van der Waals surface area (Å²) in [4.78, 5) is 0. The number of phenols is 1. The molecule has 0 spiro atoms. The van der Waals surface area contributed by atoms with Crippen LogP contribution in [0, 0.1) is 0 Å². The molecule has 1 aromatic carbocycles. The second kappa shape index (κ2) is 4.13. The summed E-state index contributed by atoms with van der Waals surface area (Å²) < 4.78 is 5.47. The molecule has 0 unspecified atom stereocenters. The van der Waals surface area contributed by atoms with Crippen molar-refractivity contribution in [2.45, 2.75) is 0 Å². The van der Waals surface area contributed by atoms with E-state index >= 15 is 0 Å². The third kappa shape index (κ3) is 2.12. The van der Waals surface area contributed by atoms with Crippen LogP contribution in [0.25, 0.3) is 0 Å². The Bertz CT molecular complexity index is 339. The van der Waals surface area contributed by atoms with Crippen LogP contribution < -0.4 is 10.6 Å². The van der Waals surface area contributed by atoms with E-state index in [2.05, 4.69) is 21.0 Å². The van der Waals surface area contributed by atoms with Gasteiger partial charge in [-0.15, -0.1) is 0 Å². The lowest BCUT2D eigenvalue weighted by Gasteiger charge is -2.05. The summed E-state index contributed by atoms with van der Waals surface area (Å²) in [5.74, 6) is 5.44. The number of hydrogen-bond acceptors (Lipinski definition) is 4. The van der Waals surface area contributed by atoms with Crippen LogP contribution in [0.1, 0.15) is 5.56 Å². The van der Waals surface area contributed by atoms with Crippen molar-refractivity contribution in [1.82, 2.24) is 0 Å². The normalized spacial score (nSPS) is 10.6. The molecule has 0 aliphatic heterocycles. The average Bonchev–Trinajstić information content (AvgIpc) is 2.11. The number of nitrogens with two attached hydrogens (primary N) is 1. The van der Waals surface area contributed by atoms with E-state index in [9.17, 15) is 5.11 Å². The molecule has 0 radical (unpaired) electrons. The minimum absolute atomic E-state index is 0.0664. The van der Waals surface area contributed by atoms with E-state index in [4.69, 9.17) is 10.6 Å². The first-order valence-electron chi connectivity index (χ1n) is 3.48. The minimum Gasteiger partial charge on any atom is -0.503 e. The maximum Gasteiger partial charge on any atom is 0.172 e. The molecular weight excluding hydrogens is 236 g/mol. The Balaban J connectivity index is 3.21. The number of hydrogen-bond donors (Lipinski definition) is 2. The molecule has 13 heavy (non-hydrogen) atoms. The van der Waals surface area contributed by atoms with Gasteiger partial charge < -0.3 is 15.7 Å². The number of phenolic OH excluding ortho intramolecular Hbond substituents is 1. The maximum atomic E-state index is 9.44. The molecule has 0 heterocycles. The number of ether oxygens (including phenoxy) is 1. The third-order valence-corrected chi connectivity index (χ3v) is 2.10. The van der Waals surface area contributed by atoms with Gasteiger partial charge in [0.25, 0.3) is 0 Å². The highest BCUT2D eigenvalue weighted by Gasteiger charge is 2.06. The van der Waals surface area contributed by atoms with Crippen molar-refractivity contribution in [3.05, 3.63) is 22.2 Å². The second-order valence-corrected chi connectivity index (χ2v) is 3.19. The number of aromatic hydroxyl groups is 1. The van der Waals surface area contributed by atoms with Gasteiger partial charge in [0.1, 0.15) is 0 Å². The average molecular weight is 245 g/mol. The molecule has 4 nitrogen and oxygen atoms in total. The number of benzene rings is 1. The molecule has 0 amide bonds. The minimum atomic E-state index is 0.0664. The molecule has 0 atom stereocenters. The first-order chi connectivity index (χ1) is 6.19. The summed E-state index contributed by atoms with van der Waals surface area (Å²) in [5.41, 5.74) is 0.754. The molecule has 0 aliphatic carbocycles. The van der Waals surface area contributed by atoms with Crippen molar-refractivity contribution in [3.63, 3.8) is 0 Å². The summed E-state index contributed by atoms with van der Waals surface area (Å²) in [7, 11) is 1.48. The Kier molecular flexibility index (Phi) is 3.13. The predicted octanol–water partition coefficient (Wildman–Crippen LogP) is 1.46. The summed E-state index contributed by atoms with van der Waals surface area (Å²) in [6.07, 6.45) is 1.46. The fraction of sp³-hybridized carbons (Fsp3) is 0.125. The SMILES string of the molecule is COc1cc(/C=N/N)cc(Br)c1O. The van der Waals surface area contributed by atoms with Crippen LogP contribution in [0.5, 0.6) is 11.5 Å². The quantitative estimate of drug-likeness (QED) is 0.470. The highest BCUT2D eigenvalue weighted by molar-refractivity contribution is 9.10. The van der Waals surface area contributed by atoms with Crippen molar-refractivity contribution in [2.24, 2.45) is 10.9 Å². The maximum absolute atomic E-state index is 9.44. The topological polar surface area (TPSA) is 67.8 Å². The summed E-state index contributed by atoms with van der Waals surface area (Å²) >= 11 is 3.18. The Morgan fingerprint density at radius 2 is 2.31 bits per heavy atom. The van der Waals surface area contributed by atoms with Gasteiger partial charge in [-0.2, -0.15) is 5.10 Å². The Labute approximate surface area is 84.1 Å². The molecule has 0 saturated heterocycles. The largest absolute Gasteiger partial charge is 0.503 e. The predicted molar refractivity (Wildman–Crippen MR) is 54.1 cm³/mol. The van der Waals surface area contributed by atoms with Gasteiger partial charge in [0.05, 0.1) is 17.8 Å². The van der Waals surface area contributed by atoms with E-state index in [1.165, 1.54) is 13.3 Å². The number of nitrogens with zero attached hydrogens (tertiary/aromatic N) is 1. The van der Waals surface area contributed by atoms with Crippen molar-refractivity contribution in [3.8, 4) is 11.5 Å². The van der Waals surface area contributed by atoms with Gasteiger partial charge >= 0.3 is 0 Å². The van der Waals surface area contributed by atoms with Gasteiger partial charge in [-0.3, -0.25) is 0 Å². The van der Waals surface area contributed by atoms with Crippen LogP contribution in [-0.2, 0) is 0 Å². The van der Waals surface area contributed by atoms with Crippen molar-refractivity contribution in [1.29, 1.82) is 0 Å². The molecule has 70 valence electrons. The number of rotatable bonds is 2. The van der Waals surface area contributed by atoms with E-state index in [0.29, 0.717) is 10.2 Å². The van der Waals surface area contributed by atoms with Gasteiger partial charge in [-0.25, -0.2) is 0 Å². The Morgan fingerprint density at radius 1 is 1.62 bits per heavy atom. The molecule has 0 fully saturated rings. The highest BCUT2D eigenvalue weighted by atomic mass is 79.9. The lowest BCUT2D eigenvalue weighted by atomic mass is 10.2. The van der Waals surface area contributed by atoms with E-state index in [-0.39, 0.29) is 5.75 Å². The van der Waals surface area contributed by atoms with Gasteiger partial charge in [0.2, 0.25) is 0 Å². The summed E-state index contributed by atoms with van der Waals surface area (Å²) in [6, 6.07) is 3.32. The van der Waals surface area contributed by atoms with Crippen LogP contribution in [0.15, 0.2) is 21.7 Å². The van der Waals surface area contributed by atoms with Gasteiger partial charge in [0, 0.05) is 0 Å². The zero-order valence-electron chi connectivity index (χ0n) is 6.99. The number of methoxy groups -OCH3 is 1. The summed E-state index contributed by atoms with van der Waals surface area (Å²) in [6.45, 7) is 0. The van der Waals surface area contributed by atoms with E-state index in [1.807, 2.05) is 0 Å². The fourth-order valence-corrected chi connectivity index (χ4v) is 1.37. The molecule has 0 bridgehead atoms. The van der Waals surface area contributed by atoms with Gasteiger partial charge in [0.15, 0.2) is 11.5 Å². The van der Waals surface area contributed by atoms with E-state index < -0.39 is 0 Å². The third-order valence-electron chi connectivity index (χ3n) is 1.49. The van der Waals surface area contributed by atoms with Crippen LogP contribution in [0.3, 0.4) is 0 Å². The number of halogens is 1. The zero-order valence-corrected chi connectivity index (χ0v) is 8.58. The van der Waals surface area contributed by atoms with Gasteiger partial charge in [-0.05, 0) is 33.6 Å². The Hall–Kier alpha value is -1.23. The molecule has 0 aliphatic rings. The van der Waals surface area contributed by atoms with E-state index in [1.54, 1.807) is 12.1 Å². The Morgan fingerprint density at radius 3 is 2.85 bits per heavy atom. The smallest absolute Gasteiger partial charge is 0.172 e. The fourth-order valence-electron chi connectivity index (χ4n) is 0.910. The first-order valence-corrected chi connectivity index (χ1v) is 4.28. The van der Waals surface area contributed by atoms with Crippen LogP contribution in [-0.4, -0.2) is 18.4 Å². The lowest BCUT2D eigenvalue weighted by molar-refractivity contribution is 0.372. The van der Waals surface area contributed by atoms with Crippen molar-refractivity contribution >= 4 is 22.1 Å². The van der Waals surface area contributed by atoms with Crippen molar-refractivity contribution < 1.29 is 9.84 Å². The number of hydrazone groups is 1. The molecular formula is C8H9BrN2O2. The van der Waals surface area contributed by atoms with E-state index in [0.717, 1.165) is 5.56 Å². The summed E-state index contributed by atoms with van der Waals surface area (Å²) in [5, 5.41) is 12.8. The first kappa shape index (κ1) is 9.85. The second-order valence-electron chi connectivity index (χ2n) is 2.33. The molecule has 1 rings (SSSR count). The standard InChI is InChI=1S/C8H9BrN2O2/c1-13-7-3-5(4-11-10)2-6(9)8(7)12/h2-4,12H,10H2,1H3/b11-4+. The van der Waals surface area contributed by atoms with Crippen molar-refractivity contribution in [2.75, 3.05) is 7.11 Å². The monoisotopic (exact) mass is 244 g/mol. The van der Waals surface area contributed by atoms with Crippen LogP contribution in [0.2, 0.25) is 0 Å². The van der Waals surface area contributed by atoms with Crippen LogP contribution >= 0.6 is 15.9 Å². The molecule has 0 aromatic heterocycles. The van der Waals surface area contributed by atoms with Crippen LogP contribution in [0.4, 0.5) is 0 Å². The highest BCUT2D eigenvalue weighted by Crippen LogP contribution is 2.34.